The smallest absolute Gasteiger partial charge is 0.238 e. The molecule has 0 aromatic heterocycles. The third kappa shape index (κ3) is 5.59. The van der Waals surface area contributed by atoms with Gasteiger partial charge < -0.3 is 14.8 Å². The highest BCUT2D eigenvalue weighted by Gasteiger charge is 2.08. The second-order valence-electron chi connectivity index (χ2n) is 5.53. The molecule has 2 aromatic rings. The van der Waals surface area contributed by atoms with E-state index in [-0.39, 0.29) is 5.91 Å². The van der Waals surface area contributed by atoms with E-state index in [1.807, 2.05) is 67.4 Å². The first-order valence-electron chi connectivity index (χ1n) is 7.95. The zero-order valence-corrected chi connectivity index (χ0v) is 14.4. The lowest BCUT2D eigenvalue weighted by atomic mass is 10.2. The van der Waals surface area contributed by atoms with Crippen molar-refractivity contribution < 1.29 is 14.3 Å². The molecular weight excluding hydrogens is 304 g/mol. The van der Waals surface area contributed by atoms with Crippen molar-refractivity contribution >= 4 is 11.6 Å². The molecule has 2 rings (SSSR count). The van der Waals surface area contributed by atoms with Crippen LogP contribution in [0.5, 0.6) is 11.5 Å². The molecule has 0 heterocycles. The van der Waals surface area contributed by atoms with Crippen molar-refractivity contribution in [3.8, 4) is 11.5 Å². The van der Waals surface area contributed by atoms with Crippen molar-refractivity contribution in [2.75, 3.05) is 32.6 Å². The molecule has 0 bridgehead atoms. The summed E-state index contributed by atoms with van der Waals surface area (Å²) in [6.07, 6.45) is 0. The number of methoxy groups -OCH3 is 1. The summed E-state index contributed by atoms with van der Waals surface area (Å²) in [5.41, 5.74) is 1.90. The highest BCUT2D eigenvalue weighted by molar-refractivity contribution is 5.92. The van der Waals surface area contributed by atoms with E-state index in [1.54, 1.807) is 7.11 Å². The Kier molecular flexibility index (Phi) is 6.63. The topological polar surface area (TPSA) is 50.8 Å². The Bertz CT molecular complexity index is 639. The van der Waals surface area contributed by atoms with Gasteiger partial charge in [0.15, 0.2) is 0 Å². The third-order valence-electron chi connectivity index (χ3n) is 3.47. The fourth-order valence-corrected chi connectivity index (χ4v) is 2.35. The summed E-state index contributed by atoms with van der Waals surface area (Å²) in [6, 6.07) is 15.2. The van der Waals surface area contributed by atoms with E-state index in [9.17, 15) is 4.79 Å². The molecule has 0 saturated heterocycles. The van der Waals surface area contributed by atoms with Crippen LogP contribution in [0, 0.1) is 0 Å². The van der Waals surface area contributed by atoms with Gasteiger partial charge in [-0.15, -0.1) is 0 Å². The number of amides is 1. The van der Waals surface area contributed by atoms with E-state index in [4.69, 9.17) is 9.47 Å². The van der Waals surface area contributed by atoms with Gasteiger partial charge in [-0.2, -0.15) is 0 Å². The molecule has 5 nitrogen and oxygen atoms in total. The number of hydrogen-bond acceptors (Lipinski definition) is 4. The van der Waals surface area contributed by atoms with Crippen molar-refractivity contribution in [3.63, 3.8) is 0 Å². The number of benzene rings is 2. The largest absolute Gasteiger partial charge is 0.497 e. The van der Waals surface area contributed by atoms with Crippen LogP contribution in [-0.2, 0) is 11.3 Å². The van der Waals surface area contributed by atoms with Crippen molar-refractivity contribution in [1.29, 1.82) is 0 Å². The molecule has 0 aliphatic rings. The van der Waals surface area contributed by atoms with Crippen molar-refractivity contribution in [1.82, 2.24) is 4.90 Å². The fraction of sp³-hybridized carbons (Fsp3) is 0.316. The van der Waals surface area contributed by atoms with Crippen molar-refractivity contribution in [2.24, 2.45) is 0 Å². The Morgan fingerprint density at radius 3 is 2.25 bits per heavy atom. The van der Waals surface area contributed by atoms with Gasteiger partial charge in [0.25, 0.3) is 0 Å². The molecule has 0 fully saturated rings. The molecule has 5 heteroatoms. The maximum Gasteiger partial charge on any atom is 0.238 e. The molecule has 0 saturated carbocycles. The molecule has 24 heavy (non-hydrogen) atoms. The summed E-state index contributed by atoms with van der Waals surface area (Å²) in [4.78, 5) is 14.1. The molecule has 0 atom stereocenters. The van der Waals surface area contributed by atoms with Crippen molar-refractivity contribution in [3.05, 3.63) is 54.1 Å². The number of hydrogen-bond donors (Lipinski definition) is 1. The first-order valence-corrected chi connectivity index (χ1v) is 7.95. The van der Waals surface area contributed by atoms with E-state index < -0.39 is 0 Å². The third-order valence-corrected chi connectivity index (χ3v) is 3.47. The molecule has 1 N–H and O–H groups in total. The maximum absolute atomic E-state index is 12.1. The summed E-state index contributed by atoms with van der Waals surface area (Å²) in [7, 11) is 3.56. The molecule has 0 aliphatic carbocycles. The average Bonchev–Trinajstić information content (AvgIpc) is 2.57. The van der Waals surface area contributed by atoms with Crippen LogP contribution in [0.25, 0.3) is 0 Å². The molecule has 128 valence electrons. The molecule has 1 amide bonds. The van der Waals surface area contributed by atoms with Gasteiger partial charge in [0, 0.05) is 12.2 Å². The number of rotatable bonds is 8. The quantitative estimate of drug-likeness (QED) is 0.809. The predicted octanol–water partition coefficient (Wildman–Crippen LogP) is 3.16. The number of likely N-dealkylation sites (N-methyl/N-ethyl adjacent to an activating group) is 1. The summed E-state index contributed by atoms with van der Waals surface area (Å²) < 4.78 is 10.5. The van der Waals surface area contributed by atoms with Gasteiger partial charge in [-0.25, -0.2) is 0 Å². The van der Waals surface area contributed by atoms with E-state index in [0.717, 1.165) is 22.7 Å². The van der Waals surface area contributed by atoms with Crippen LogP contribution in [0.4, 0.5) is 5.69 Å². The number of nitrogens with zero attached hydrogens (tertiary/aromatic N) is 1. The van der Waals surface area contributed by atoms with Crippen LogP contribution in [0.15, 0.2) is 48.5 Å². The van der Waals surface area contributed by atoms with E-state index in [1.165, 1.54) is 0 Å². The maximum atomic E-state index is 12.1. The zero-order valence-electron chi connectivity index (χ0n) is 14.4. The molecule has 0 radical (unpaired) electrons. The van der Waals surface area contributed by atoms with Crippen LogP contribution in [0.1, 0.15) is 12.5 Å². The lowest BCUT2D eigenvalue weighted by molar-refractivity contribution is -0.117. The normalized spacial score (nSPS) is 10.5. The van der Waals surface area contributed by atoms with E-state index >= 15 is 0 Å². The SMILES string of the molecule is CCOc1ccc(NC(=O)CN(C)Cc2ccc(OC)cc2)cc1. The minimum atomic E-state index is -0.0461. The number of carbonyl (C=O) groups excluding carboxylic acids is 1. The molecule has 0 spiro atoms. The van der Waals surface area contributed by atoms with Gasteiger partial charge in [0.05, 0.1) is 20.3 Å². The van der Waals surface area contributed by atoms with Gasteiger partial charge in [0.1, 0.15) is 11.5 Å². The number of ether oxygens (including phenoxy) is 2. The minimum absolute atomic E-state index is 0.0461. The Morgan fingerprint density at radius 2 is 1.67 bits per heavy atom. The summed E-state index contributed by atoms with van der Waals surface area (Å²) in [6.45, 7) is 3.58. The average molecular weight is 328 g/mol. The van der Waals surface area contributed by atoms with Gasteiger partial charge in [-0.05, 0) is 55.9 Å². The van der Waals surface area contributed by atoms with Crippen LogP contribution in [-0.4, -0.2) is 38.1 Å². The highest BCUT2D eigenvalue weighted by atomic mass is 16.5. The van der Waals surface area contributed by atoms with Crippen LogP contribution < -0.4 is 14.8 Å². The van der Waals surface area contributed by atoms with Crippen LogP contribution in [0.3, 0.4) is 0 Å². The number of anilines is 1. The second-order valence-corrected chi connectivity index (χ2v) is 5.53. The Balaban J connectivity index is 1.82. The van der Waals surface area contributed by atoms with Crippen molar-refractivity contribution in [2.45, 2.75) is 13.5 Å². The Labute approximate surface area is 143 Å². The van der Waals surface area contributed by atoms with Gasteiger partial charge >= 0.3 is 0 Å². The Morgan fingerprint density at radius 1 is 1.04 bits per heavy atom. The van der Waals surface area contributed by atoms with Crippen LogP contribution >= 0.6 is 0 Å². The fourth-order valence-electron chi connectivity index (χ4n) is 2.35. The van der Waals surface area contributed by atoms with Crippen LogP contribution in [0.2, 0.25) is 0 Å². The summed E-state index contributed by atoms with van der Waals surface area (Å²) >= 11 is 0. The van der Waals surface area contributed by atoms with Gasteiger partial charge in [0.2, 0.25) is 5.91 Å². The standard InChI is InChI=1S/C19H24N2O3/c1-4-24-18-11-7-16(8-12-18)20-19(22)14-21(2)13-15-5-9-17(23-3)10-6-15/h5-12H,4,13-14H2,1-3H3,(H,20,22). The second kappa shape index (κ2) is 8.93. The lowest BCUT2D eigenvalue weighted by Gasteiger charge is -2.16. The monoisotopic (exact) mass is 328 g/mol. The van der Waals surface area contributed by atoms with Gasteiger partial charge in [-0.3, -0.25) is 9.69 Å². The first-order chi connectivity index (χ1) is 11.6. The first kappa shape index (κ1) is 17.8. The minimum Gasteiger partial charge on any atom is -0.497 e. The Hall–Kier alpha value is -2.53. The molecule has 0 unspecified atom stereocenters. The highest BCUT2D eigenvalue weighted by Crippen LogP contribution is 2.16. The lowest BCUT2D eigenvalue weighted by Crippen LogP contribution is -2.29. The summed E-state index contributed by atoms with van der Waals surface area (Å²) in [5.74, 6) is 1.58. The number of carbonyl (C=O) groups is 1. The molecule has 2 aromatic carbocycles. The van der Waals surface area contributed by atoms with Gasteiger partial charge in [-0.1, -0.05) is 12.1 Å². The summed E-state index contributed by atoms with van der Waals surface area (Å²) in [5, 5.41) is 2.89. The molecular formula is C19H24N2O3. The van der Waals surface area contributed by atoms with E-state index in [0.29, 0.717) is 19.7 Å². The predicted molar refractivity (Wildman–Crippen MR) is 95.6 cm³/mol. The molecule has 0 aliphatic heterocycles. The van der Waals surface area contributed by atoms with E-state index in [2.05, 4.69) is 5.32 Å². The zero-order chi connectivity index (χ0) is 17.4. The number of nitrogens with one attached hydrogen (secondary N) is 1.